The summed E-state index contributed by atoms with van der Waals surface area (Å²) in [5, 5.41) is 15.7. The Bertz CT molecular complexity index is 1710. The fraction of sp³-hybridized carbons (Fsp3) is 0.0833. The molecule has 0 spiro atoms. The number of nitriles is 1. The van der Waals surface area contributed by atoms with Gasteiger partial charge in [0.1, 0.15) is 29.9 Å². The van der Waals surface area contributed by atoms with Gasteiger partial charge in [0.2, 0.25) is 11.7 Å². The van der Waals surface area contributed by atoms with Crippen molar-refractivity contribution in [3.8, 4) is 34.0 Å². The number of hydrogen-bond acceptors (Lipinski definition) is 8. The van der Waals surface area contributed by atoms with Crippen molar-refractivity contribution in [3.63, 3.8) is 0 Å². The van der Waals surface area contributed by atoms with Crippen molar-refractivity contribution < 1.29 is 17.9 Å². The molecule has 5 aromatic rings. The van der Waals surface area contributed by atoms with Gasteiger partial charge in [0.15, 0.2) is 5.01 Å². The number of nitrogens with zero attached hydrogens (tertiary/aromatic N) is 5. The second kappa shape index (κ2) is 10.0. The minimum Gasteiger partial charge on any atom is -0.473 e. The zero-order chi connectivity index (χ0) is 25.9. The predicted molar refractivity (Wildman–Crippen MR) is 126 cm³/mol. The van der Waals surface area contributed by atoms with Crippen LogP contribution in [-0.2, 0) is 13.0 Å². The lowest BCUT2D eigenvalue weighted by molar-refractivity contribution is 0.288. The number of halogens is 3. The molecule has 0 bridgehead atoms. The van der Waals surface area contributed by atoms with Crippen molar-refractivity contribution in [3.05, 3.63) is 99.0 Å². The minimum atomic E-state index is -0.718. The highest BCUT2D eigenvalue weighted by atomic mass is 32.1. The lowest BCUT2D eigenvalue weighted by Crippen LogP contribution is -2.02. The summed E-state index contributed by atoms with van der Waals surface area (Å²) in [7, 11) is 0. The number of H-pyrrole nitrogens is 2. The van der Waals surface area contributed by atoms with E-state index in [0.29, 0.717) is 0 Å². The summed E-state index contributed by atoms with van der Waals surface area (Å²) in [6.07, 6.45) is -0.0813. The first-order valence-corrected chi connectivity index (χ1v) is 11.4. The van der Waals surface area contributed by atoms with E-state index in [1.807, 2.05) is 6.07 Å². The molecule has 0 saturated carbocycles. The largest absolute Gasteiger partial charge is 0.473 e. The Hall–Kier alpha value is -4.83. The Morgan fingerprint density at radius 1 is 0.973 bits per heavy atom. The summed E-state index contributed by atoms with van der Waals surface area (Å²) >= 11 is 0.958. The second-order valence-electron chi connectivity index (χ2n) is 7.70. The number of rotatable bonds is 7. The summed E-state index contributed by atoms with van der Waals surface area (Å²) in [4.78, 5) is 23.3. The normalized spacial score (nSPS) is 10.9. The fourth-order valence-electron chi connectivity index (χ4n) is 3.43. The van der Waals surface area contributed by atoms with Crippen LogP contribution in [0.5, 0.6) is 5.88 Å². The highest BCUT2D eigenvalue weighted by molar-refractivity contribution is 7.08. The maximum absolute atomic E-state index is 15.0. The third kappa shape index (κ3) is 5.24. The van der Waals surface area contributed by atoms with E-state index in [9.17, 15) is 18.0 Å². The zero-order valence-electron chi connectivity index (χ0n) is 18.6. The standard InChI is InChI=1S/C24H14F3N7O2S/c25-16-6-12(10-28)4-5-13(16)11-36-21-3-1-2-19(29-21)15-9-17(26)14(7-18(15)27)8-20-30-22(33-32-20)23-31-24(35)34-37-23/h1-7,9H,8,11H2,(H,34,35)(H,30,32,33). The van der Waals surface area contributed by atoms with Crippen LogP contribution in [0.1, 0.15) is 22.5 Å². The van der Waals surface area contributed by atoms with Crippen LogP contribution >= 0.6 is 11.5 Å². The predicted octanol–water partition coefficient (Wildman–Crippen LogP) is 4.14. The maximum Gasteiger partial charge on any atom is 0.355 e. The molecule has 184 valence electrons. The van der Waals surface area contributed by atoms with Gasteiger partial charge >= 0.3 is 5.69 Å². The summed E-state index contributed by atoms with van der Waals surface area (Å²) in [6.45, 7) is -0.169. The number of benzene rings is 2. The molecule has 37 heavy (non-hydrogen) atoms. The summed E-state index contributed by atoms with van der Waals surface area (Å²) in [6, 6.07) is 12.5. The number of hydrogen-bond donors (Lipinski definition) is 2. The average molecular weight is 521 g/mol. The van der Waals surface area contributed by atoms with Crippen LogP contribution in [0.15, 0.2) is 53.3 Å². The molecule has 5 rings (SSSR count). The van der Waals surface area contributed by atoms with Gasteiger partial charge in [-0.1, -0.05) is 12.1 Å². The van der Waals surface area contributed by atoms with Crippen LogP contribution in [0, 0.1) is 28.8 Å². The molecule has 0 saturated heterocycles. The molecule has 0 unspecified atom stereocenters. The quantitative estimate of drug-likeness (QED) is 0.329. The smallest absolute Gasteiger partial charge is 0.355 e. The lowest BCUT2D eigenvalue weighted by atomic mass is 10.0. The van der Waals surface area contributed by atoms with E-state index in [1.54, 1.807) is 6.07 Å². The number of nitrogens with one attached hydrogen (secondary N) is 2. The van der Waals surface area contributed by atoms with Gasteiger partial charge in [-0.15, -0.1) is 0 Å². The van der Waals surface area contributed by atoms with Crippen LogP contribution in [-0.4, -0.2) is 29.5 Å². The molecule has 2 N–H and O–H groups in total. The van der Waals surface area contributed by atoms with E-state index in [4.69, 9.17) is 10.00 Å². The van der Waals surface area contributed by atoms with Crippen molar-refractivity contribution in [2.24, 2.45) is 0 Å². The molecular weight excluding hydrogens is 507 g/mol. The topological polar surface area (TPSA) is 133 Å². The van der Waals surface area contributed by atoms with Crippen LogP contribution in [0.3, 0.4) is 0 Å². The van der Waals surface area contributed by atoms with Gasteiger partial charge < -0.3 is 4.74 Å². The van der Waals surface area contributed by atoms with Gasteiger partial charge in [-0.3, -0.25) is 9.47 Å². The third-order valence-electron chi connectivity index (χ3n) is 5.21. The van der Waals surface area contributed by atoms with Gasteiger partial charge in [-0.25, -0.2) is 27.9 Å². The molecule has 3 aromatic heterocycles. The number of pyridine rings is 1. The fourth-order valence-corrected chi connectivity index (χ4v) is 3.97. The summed E-state index contributed by atoms with van der Waals surface area (Å²) in [5.74, 6) is -1.50. The Kier molecular flexibility index (Phi) is 6.48. The number of aromatic nitrogens is 6. The molecule has 0 fully saturated rings. The molecule has 0 aliphatic rings. The average Bonchev–Trinajstić information content (AvgIpc) is 3.54. The Labute approximate surface area is 210 Å². The van der Waals surface area contributed by atoms with E-state index in [2.05, 4.69) is 29.5 Å². The summed E-state index contributed by atoms with van der Waals surface area (Å²) < 4.78 is 51.9. The first-order chi connectivity index (χ1) is 17.9. The molecule has 9 nitrogen and oxygen atoms in total. The van der Waals surface area contributed by atoms with E-state index >= 15 is 0 Å². The molecule has 0 radical (unpaired) electrons. The molecule has 0 aliphatic heterocycles. The minimum absolute atomic E-state index is 0.0304. The molecule has 0 aliphatic carbocycles. The Balaban J connectivity index is 1.33. The van der Waals surface area contributed by atoms with Gasteiger partial charge in [-0.2, -0.15) is 15.3 Å². The SMILES string of the molecule is N#Cc1ccc(COc2cccc(-c3cc(F)c(Cc4nc(-c5nc(=O)[nH]s5)n[nH]4)cc3F)n2)c(F)c1. The highest BCUT2D eigenvalue weighted by Crippen LogP contribution is 2.27. The number of aromatic amines is 2. The van der Waals surface area contributed by atoms with Crippen LogP contribution in [0.25, 0.3) is 22.1 Å². The maximum atomic E-state index is 15.0. The highest BCUT2D eigenvalue weighted by Gasteiger charge is 2.17. The molecule has 0 atom stereocenters. The van der Waals surface area contributed by atoms with E-state index in [0.717, 1.165) is 29.7 Å². The van der Waals surface area contributed by atoms with Crippen molar-refractivity contribution >= 4 is 11.5 Å². The Morgan fingerprint density at radius 3 is 2.57 bits per heavy atom. The Morgan fingerprint density at radius 2 is 1.81 bits per heavy atom. The molecule has 3 heterocycles. The van der Waals surface area contributed by atoms with E-state index < -0.39 is 23.1 Å². The van der Waals surface area contributed by atoms with E-state index in [-0.39, 0.29) is 63.5 Å². The van der Waals surface area contributed by atoms with Crippen molar-refractivity contribution in [1.82, 2.24) is 29.5 Å². The van der Waals surface area contributed by atoms with Crippen molar-refractivity contribution in [2.75, 3.05) is 0 Å². The molecular formula is C24H14F3N7O2S. The zero-order valence-corrected chi connectivity index (χ0v) is 19.4. The first-order valence-electron chi connectivity index (χ1n) is 10.6. The summed E-state index contributed by atoms with van der Waals surface area (Å²) in [5.41, 5.74) is -0.0683. The lowest BCUT2D eigenvalue weighted by Gasteiger charge is -2.10. The van der Waals surface area contributed by atoms with Crippen molar-refractivity contribution in [2.45, 2.75) is 13.0 Å². The monoisotopic (exact) mass is 521 g/mol. The van der Waals surface area contributed by atoms with Crippen LogP contribution < -0.4 is 10.4 Å². The van der Waals surface area contributed by atoms with Gasteiger partial charge in [-0.05, 0) is 47.4 Å². The van der Waals surface area contributed by atoms with E-state index in [1.165, 1.54) is 24.3 Å². The second-order valence-corrected chi connectivity index (χ2v) is 8.49. The molecule has 2 aromatic carbocycles. The van der Waals surface area contributed by atoms with Gasteiger partial charge in [0.25, 0.3) is 0 Å². The van der Waals surface area contributed by atoms with Crippen LogP contribution in [0.4, 0.5) is 13.2 Å². The molecule has 0 amide bonds. The van der Waals surface area contributed by atoms with Crippen molar-refractivity contribution in [1.29, 1.82) is 5.26 Å². The first kappa shape index (κ1) is 23.9. The van der Waals surface area contributed by atoms with Crippen LogP contribution in [0.2, 0.25) is 0 Å². The third-order valence-corrected chi connectivity index (χ3v) is 5.96. The number of ether oxygens (including phenoxy) is 1. The van der Waals surface area contributed by atoms with Gasteiger partial charge in [0, 0.05) is 23.6 Å². The molecule has 13 heteroatoms. The van der Waals surface area contributed by atoms with Gasteiger partial charge in [0.05, 0.1) is 17.3 Å².